The molecular weight excluding hydrogens is 204 g/mol. The Kier molecular flexibility index (Phi) is 7.23. The zero-order valence-corrected chi connectivity index (χ0v) is 9.23. The molecule has 82 valence electrons. The highest BCUT2D eigenvalue weighted by Gasteiger charge is 2.13. The van der Waals surface area contributed by atoms with E-state index < -0.39 is 12.0 Å². The van der Waals surface area contributed by atoms with Crippen LogP contribution in [0.2, 0.25) is 0 Å². The van der Waals surface area contributed by atoms with E-state index in [1.807, 2.05) is 0 Å². The van der Waals surface area contributed by atoms with Crippen LogP contribution in [0, 0.1) is 0 Å². The second-order valence-corrected chi connectivity index (χ2v) is 3.64. The van der Waals surface area contributed by atoms with Crippen molar-refractivity contribution in [1.29, 1.82) is 0 Å². The molecule has 0 fully saturated rings. The molecule has 0 aromatic carbocycles. The number of rotatable bonds is 6. The molecular formula is C8H16N2O3S. The van der Waals surface area contributed by atoms with Crippen LogP contribution < -0.4 is 11.1 Å². The van der Waals surface area contributed by atoms with Gasteiger partial charge < -0.3 is 15.8 Å². The Morgan fingerprint density at radius 2 is 2.21 bits per heavy atom. The highest BCUT2D eigenvalue weighted by Crippen LogP contribution is 2.00. The number of hydrogen-bond donors (Lipinski definition) is 2. The van der Waals surface area contributed by atoms with Crippen LogP contribution in [0.3, 0.4) is 0 Å². The average molecular weight is 220 g/mol. The lowest BCUT2D eigenvalue weighted by molar-refractivity contribution is -0.144. The van der Waals surface area contributed by atoms with E-state index in [0.717, 1.165) is 0 Å². The van der Waals surface area contributed by atoms with Gasteiger partial charge in [0.2, 0.25) is 5.91 Å². The lowest BCUT2D eigenvalue weighted by Gasteiger charge is -2.09. The zero-order valence-electron chi connectivity index (χ0n) is 8.41. The van der Waals surface area contributed by atoms with Gasteiger partial charge in [-0.05, 0) is 6.92 Å². The maximum atomic E-state index is 11.0. The van der Waals surface area contributed by atoms with Gasteiger partial charge in [-0.15, -0.1) is 11.8 Å². The van der Waals surface area contributed by atoms with Crippen LogP contribution in [0.5, 0.6) is 0 Å². The highest BCUT2D eigenvalue weighted by atomic mass is 32.2. The summed E-state index contributed by atoms with van der Waals surface area (Å²) in [6, 6.07) is -0.617. The predicted molar refractivity (Wildman–Crippen MR) is 55.8 cm³/mol. The molecule has 3 N–H and O–H groups in total. The van der Waals surface area contributed by atoms with E-state index in [1.165, 1.54) is 18.7 Å². The van der Waals surface area contributed by atoms with Crippen molar-refractivity contribution < 1.29 is 14.3 Å². The van der Waals surface area contributed by atoms with Crippen LogP contribution in [-0.2, 0) is 14.3 Å². The second-order valence-electron chi connectivity index (χ2n) is 2.61. The molecule has 0 aromatic heterocycles. The molecule has 1 amide bonds. The third-order valence-electron chi connectivity index (χ3n) is 1.31. The Bertz CT molecular complexity index is 199. The third-order valence-corrected chi connectivity index (χ3v) is 2.25. The van der Waals surface area contributed by atoms with E-state index in [2.05, 4.69) is 5.32 Å². The molecule has 0 saturated heterocycles. The summed E-state index contributed by atoms with van der Waals surface area (Å²) in [6.07, 6.45) is 0. The molecule has 0 heterocycles. The summed E-state index contributed by atoms with van der Waals surface area (Å²) in [7, 11) is 0. The third kappa shape index (κ3) is 6.73. The number of thioether (sulfide) groups is 1. The zero-order chi connectivity index (χ0) is 11.0. The summed E-state index contributed by atoms with van der Waals surface area (Å²) >= 11 is 1.39. The number of ether oxygens (including phenoxy) is 1. The van der Waals surface area contributed by atoms with Gasteiger partial charge in [0.05, 0.1) is 12.5 Å². The van der Waals surface area contributed by atoms with Gasteiger partial charge in [-0.1, -0.05) is 0 Å². The van der Waals surface area contributed by atoms with Crippen LogP contribution in [0.25, 0.3) is 0 Å². The van der Waals surface area contributed by atoms with Crippen molar-refractivity contribution in [2.45, 2.75) is 19.9 Å². The van der Waals surface area contributed by atoms with Crippen LogP contribution in [0.1, 0.15) is 13.8 Å². The lowest BCUT2D eigenvalue weighted by Crippen LogP contribution is -2.35. The van der Waals surface area contributed by atoms with Crippen LogP contribution >= 0.6 is 11.8 Å². The number of hydrogen-bond acceptors (Lipinski definition) is 5. The first-order chi connectivity index (χ1) is 6.57. The Labute approximate surface area is 87.7 Å². The van der Waals surface area contributed by atoms with E-state index in [0.29, 0.717) is 18.2 Å². The van der Waals surface area contributed by atoms with Crippen LogP contribution in [0.4, 0.5) is 0 Å². The van der Waals surface area contributed by atoms with Crippen molar-refractivity contribution in [3.05, 3.63) is 0 Å². The maximum Gasteiger partial charge on any atom is 0.323 e. The van der Waals surface area contributed by atoms with E-state index in [9.17, 15) is 9.59 Å². The van der Waals surface area contributed by atoms with Gasteiger partial charge >= 0.3 is 5.97 Å². The molecule has 0 unspecified atom stereocenters. The highest BCUT2D eigenvalue weighted by molar-refractivity contribution is 7.99. The average Bonchev–Trinajstić information content (AvgIpc) is 2.12. The molecule has 0 saturated carbocycles. The standard InChI is InChI=1S/C8H16N2O3S/c1-3-13-8(12)7(9)4-14-5-10-6(2)11/h7H,3-5,9H2,1-2H3,(H,10,11)/t7-/m0/s1. The number of nitrogens with one attached hydrogen (secondary N) is 1. The van der Waals surface area contributed by atoms with Gasteiger partial charge in [-0.2, -0.15) is 0 Å². The molecule has 6 heteroatoms. The monoisotopic (exact) mass is 220 g/mol. The minimum absolute atomic E-state index is 0.0952. The molecule has 1 atom stereocenters. The van der Waals surface area contributed by atoms with Gasteiger partial charge in [0.25, 0.3) is 0 Å². The molecule has 0 aliphatic rings. The Morgan fingerprint density at radius 1 is 1.57 bits per heavy atom. The van der Waals surface area contributed by atoms with E-state index in [1.54, 1.807) is 6.92 Å². The summed E-state index contributed by atoms with van der Waals surface area (Å²) < 4.78 is 4.72. The summed E-state index contributed by atoms with van der Waals surface area (Å²) in [6.45, 7) is 3.50. The van der Waals surface area contributed by atoms with Crippen molar-refractivity contribution >= 4 is 23.6 Å². The molecule has 0 radical (unpaired) electrons. The van der Waals surface area contributed by atoms with Gasteiger partial charge in [-0.3, -0.25) is 9.59 Å². The minimum Gasteiger partial charge on any atom is -0.465 e. The van der Waals surface area contributed by atoms with E-state index in [4.69, 9.17) is 10.5 Å². The van der Waals surface area contributed by atoms with Crippen molar-refractivity contribution in [2.24, 2.45) is 5.73 Å². The van der Waals surface area contributed by atoms with E-state index >= 15 is 0 Å². The van der Waals surface area contributed by atoms with Gasteiger partial charge in [0.15, 0.2) is 0 Å². The number of carbonyl (C=O) groups excluding carboxylic acids is 2. The topological polar surface area (TPSA) is 81.4 Å². The number of carbonyl (C=O) groups is 2. The predicted octanol–water partition coefficient (Wildman–Crippen LogP) is -0.296. The Hall–Kier alpha value is -0.750. The summed E-state index contributed by atoms with van der Waals surface area (Å²) in [5.74, 6) is 0.409. The van der Waals surface area contributed by atoms with Crippen LogP contribution in [-0.4, -0.2) is 36.2 Å². The second kappa shape index (κ2) is 7.64. The summed E-state index contributed by atoms with van der Waals surface area (Å²) in [4.78, 5) is 21.5. The van der Waals surface area contributed by atoms with Crippen molar-refractivity contribution in [1.82, 2.24) is 5.32 Å². The Morgan fingerprint density at radius 3 is 2.71 bits per heavy atom. The molecule has 0 aromatic rings. The van der Waals surface area contributed by atoms with Gasteiger partial charge in [-0.25, -0.2) is 0 Å². The molecule has 5 nitrogen and oxygen atoms in total. The molecule has 0 spiro atoms. The lowest BCUT2D eigenvalue weighted by atomic mass is 10.4. The normalized spacial score (nSPS) is 11.9. The van der Waals surface area contributed by atoms with E-state index in [-0.39, 0.29) is 5.91 Å². The number of esters is 1. The molecule has 0 aliphatic heterocycles. The summed E-state index contributed by atoms with van der Waals surface area (Å²) in [5, 5.41) is 2.59. The molecule has 0 bridgehead atoms. The summed E-state index contributed by atoms with van der Waals surface area (Å²) in [5.41, 5.74) is 5.51. The SMILES string of the molecule is CCOC(=O)[C@@H](N)CSCNC(C)=O. The van der Waals surface area contributed by atoms with Gasteiger partial charge in [0.1, 0.15) is 6.04 Å². The van der Waals surface area contributed by atoms with Crippen molar-refractivity contribution in [3.63, 3.8) is 0 Å². The van der Waals surface area contributed by atoms with Crippen molar-refractivity contribution in [2.75, 3.05) is 18.2 Å². The Balaban J connectivity index is 3.48. The first-order valence-electron chi connectivity index (χ1n) is 4.32. The smallest absolute Gasteiger partial charge is 0.323 e. The quantitative estimate of drug-likeness (QED) is 0.365. The molecule has 0 rings (SSSR count). The largest absolute Gasteiger partial charge is 0.465 e. The molecule has 14 heavy (non-hydrogen) atoms. The first-order valence-corrected chi connectivity index (χ1v) is 5.47. The number of nitrogens with two attached hydrogens (primary N) is 1. The fourth-order valence-electron chi connectivity index (χ4n) is 0.656. The van der Waals surface area contributed by atoms with Crippen LogP contribution in [0.15, 0.2) is 0 Å². The fourth-order valence-corrected chi connectivity index (χ4v) is 1.47. The first kappa shape index (κ1) is 13.2. The van der Waals surface area contributed by atoms with Gasteiger partial charge in [0, 0.05) is 12.7 Å². The fraction of sp³-hybridized carbons (Fsp3) is 0.750. The maximum absolute atomic E-state index is 11.0. The minimum atomic E-state index is -0.617. The molecule has 0 aliphatic carbocycles. The van der Waals surface area contributed by atoms with Crippen molar-refractivity contribution in [3.8, 4) is 0 Å². The number of amides is 1.